The zero-order valence-corrected chi connectivity index (χ0v) is 17.7. The van der Waals surface area contributed by atoms with Crippen molar-refractivity contribution >= 4 is 56.4 Å². The first-order chi connectivity index (χ1) is 12.9. The fourth-order valence-electron chi connectivity index (χ4n) is 3.01. The van der Waals surface area contributed by atoms with Gasteiger partial charge in [0.1, 0.15) is 0 Å². The number of anilines is 2. The Labute approximate surface area is 173 Å². The Morgan fingerprint density at radius 1 is 1.14 bits per heavy atom. The standard InChI is InChI=1S/C19H18Cl2N2O4S/c1-11-8-13(20)5-7-15(11)22-17(24)12-4-6-14(21)16(9-12)23-18(25)19(2,3)10-28(23,26)27/h4-9H,10H2,1-3H3,(H,22,24). The molecule has 0 atom stereocenters. The molecule has 0 radical (unpaired) electrons. The van der Waals surface area contributed by atoms with Gasteiger partial charge in [-0.2, -0.15) is 0 Å². The van der Waals surface area contributed by atoms with Gasteiger partial charge in [-0.05, 0) is 62.7 Å². The molecule has 1 aliphatic rings. The van der Waals surface area contributed by atoms with Crippen LogP contribution in [0.3, 0.4) is 0 Å². The van der Waals surface area contributed by atoms with E-state index in [4.69, 9.17) is 23.2 Å². The van der Waals surface area contributed by atoms with Gasteiger partial charge >= 0.3 is 0 Å². The minimum atomic E-state index is -3.88. The summed E-state index contributed by atoms with van der Waals surface area (Å²) in [5, 5.41) is 3.36. The SMILES string of the molecule is Cc1cc(Cl)ccc1NC(=O)c1ccc(Cl)c(N2C(=O)C(C)(C)CS2(=O)=O)c1. The minimum Gasteiger partial charge on any atom is -0.322 e. The summed E-state index contributed by atoms with van der Waals surface area (Å²) >= 11 is 12.1. The second kappa shape index (κ2) is 7.06. The molecule has 1 saturated heterocycles. The maximum absolute atomic E-state index is 12.7. The highest BCUT2D eigenvalue weighted by Gasteiger charge is 2.50. The summed E-state index contributed by atoms with van der Waals surface area (Å²) in [6, 6.07) is 9.19. The van der Waals surface area contributed by atoms with Gasteiger partial charge in [0.05, 0.1) is 21.9 Å². The van der Waals surface area contributed by atoms with Gasteiger partial charge in [-0.3, -0.25) is 9.59 Å². The van der Waals surface area contributed by atoms with Crippen LogP contribution in [0.1, 0.15) is 29.8 Å². The van der Waals surface area contributed by atoms with Crippen LogP contribution in [0.25, 0.3) is 0 Å². The van der Waals surface area contributed by atoms with Crippen molar-refractivity contribution < 1.29 is 18.0 Å². The second-order valence-electron chi connectivity index (χ2n) is 7.29. The topological polar surface area (TPSA) is 83.6 Å². The predicted molar refractivity (Wildman–Crippen MR) is 111 cm³/mol. The summed E-state index contributed by atoms with van der Waals surface area (Å²) < 4.78 is 25.7. The number of halogens is 2. The van der Waals surface area contributed by atoms with E-state index in [2.05, 4.69) is 5.32 Å². The molecule has 0 spiro atoms. The van der Waals surface area contributed by atoms with E-state index in [1.165, 1.54) is 18.2 Å². The van der Waals surface area contributed by atoms with Gasteiger partial charge in [0.25, 0.3) is 5.91 Å². The molecule has 0 unspecified atom stereocenters. The normalized spacial score (nSPS) is 17.6. The number of aryl methyl sites for hydroxylation is 1. The number of nitrogens with zero attached hydrogens (tertiary/aromatic N) is 1. The van der Waals surface area contributed by atoms with Gasteiger partial charge in [-0.25, -0.2) is 12.7 Å². The van der Waals surface area contributed by atoms with Gasteiger partial charge < -0.3 is 5.32 Å². The van der Waals surface area contributed by atoms with E-state index >= 15 is 0 Å². The number of carbonyl (C=O) groups is 2. The maximum Gasteiger partial charge on any atom is 0.255 e. The van der Waals surface area contributed by atoms with Crippen LogP contribution in [0.4, 0.5) is 11.4 Å². The van der Waals surface area contributed by atoms with E-state index in [-0.39, 0.29) is 22.0 Å². The first kappa shape index (κ1) is 20.6. The molecule has 148 valence electrons. The van der Waals surface area contributed by atoms with Crippen molar-refractivity contribution in [3.63, 3.8) is 0 Å². The van der Waals surface area contributed by atoms with Crippen LogP contribution >= 0.6 is 23.2 Å². The van der Waals surface area contributed by atoms with Crippen LogP contribution in [0, 0.1) is 12.3 Å². The molecule has 1 heterocycles. The molecular weight excluding hydrogens is 423 g/mol. The molecule has 0 aliphatic carbocycles. The van der Waals surface area contributed by atoms with E-state index in [1.54, 1.807) is 39.0 Å². The highest BCUT2D eigenvalue weighted by Crippen LogP contribution is 2.39. The number of sulfonamides is 1. The lowest BCUT2D eigenvalue weighted by Crippen LogP contribution is -2.33. The van der Waals surface area contributed by atoms with Crippen molar-refractivity contribution in [3.05, 3.63) is 57.6 Å². The summed E-state index contributed by atoms with van der Waals surface area (Å²) in [7, 11) is -3.88. The smallest absolute Gasteiger partial charge is 0.255 e. The summed E-state index contributed by atoms with van der Waals surface area (Å²) in [4.78, 5) is 25.3. The van der Waals surface area contributed by atoms with Crippen molar-refractivity contribution in [2.75, 3.05) is 15.4 Å². The molecule has 0 bridgehead atoms. The largest absolute Gasteiger partial charge is 0.322 e. The lowest BCUT2D eigenvalue weighted by molar-refractivity contribution is -0.123. The summed E-state index contributed by atoms with van der Waals surface area (Å²) in [6.45, 7) is 4.91. The molecule has 9 heteroatoms. The highest BCUT2D eigenvalue weighted by molar-refractivity contribution is 7.94. The second-order valence-corrected chi connectivity index (χ2v) is 9.95. The Morgan fingerprint density at radius 2 is 1.82 bits per heavy atom. The molecule has 2 aromatic carbocycles. The molecule has 1 aliphatic heterocycles. The number of carbonyl (C=O) groups excluding carboxylic acids is 2. The van der Waals surface area contributed by atoms with Crippen LogP contribution in [-0.2, 0) is 14.8 Å². The van der Waals surface area contributed by atoms with Crippen molar-refractivity contribution in [3.8, 4) is 0 Å². The Morgan fingerprint density at radius 3 is 2.39 bits per heavy atom. The number of nitrogens with one attached hydrogen (secondary N) is 1. The van der Waals surface area contributed by atoms with Crippen LogP contribution in [0.15, 0.2) is 36.4 Å². The van der Waals surface area contributed by atoms with Crippen LogP contribution in [-0.4, -0.2) is 26.0 Å². The van der Waals surface area contributed by atoms with Gasteiger partial charge in [-0.1, -0.05) is 23.2 Å². The first-order valence-electron chi connectivity index (χ1n) is 8.37. The van der Waals surface area contributed by atoms with Crippen LogP contribution < -0.4 is 9.62 Å². The predicted octanol–water partition coefficient (Wildman–Crippen LogP) is 4.26. The summed E-state index contributed by atoms with van der Waals surface area (Å²) in [5.74, 6) is -1.37. The lowest BCUT2D eigenvalue weighted by atomic mass is 9.95. The molecule has 0 saturated carbocycles. The third-order valence-electron chi connectivity index (χ3n) is 4.45. The number of hydrogen-bond acceptors (Lipinski definition) is 4. The number of hydrogen-bond donors (Lipinski definition) is 1. The third-order valence-corrected chi connectivity index (χ3v) is 7.01. The minimum absolute atomic E-state index is 0.0299. The van der Waals surface area contributed by atoms with Gasteiger partial charge in [-0.15, -0.1) is 0 Å². The van der Waals surface area contributed by atoms with Gasteiger partial charge in [0.15, 0.2) is 0 Å². The fourth-order valence-corrected chi connectivity index (χ4v) is 5.61. The molecule has 2 aromatic rings. The average Bonchev–Trinajstić information content (AvgIpc) is 2.74. The average molecular weight is 441 g/mol. The van der Waals surface area contributed by atoms with E-state index < -0.39 is 27.3 Å². The van der Waals surface area contributed by atoms with Crippen molar-refractivity contribution in [1.82, 2.24) is 0 Å². The lowest BCUT2D eigenvalue weighted by Gasteiger charge is -2.19. The molecule has 6 nitrogen and oxygen atoms in total. The van der Waals surface area contributed by atoms with E-state index in [9.17, 15) is 18.0 Å². The van der Waals surface area contributed by atoms with Gasteiger partial charge in [0, 0.05) is 16.3 Å². The van der Waals surface area contributed by atoms with Crippen LogP contribution in [0.5, 0.6) is 0 Å². The van der Waals surface area contributed by atoms with E-state index in [0.29, 0.717) is 15.0 Å². The van der Waals surface area contributed by atoms with Crippen molar-refractivity contribution in [1.29, 1.82) is 0 Å². The molecule has 3 rings (SSSR count). The molecule has 1 fully saturated rings. The summed E-state index contributed by atoms with van der Waals surface area (Å²) in [5.41, 5.74) is 0.408. The molecule has 28 heavy (non-hydrogen) atoms. The Hall–Kier alpha value is -2.09. The Kier molecular flexibility index (Phi) is 5.20. The third kappa shape index (κ3) is 3.74. The molecule has 0 aromatic heterocycles. The Bertz CT molecular complexity index is 1100. The Balaban J connectivity index is 1.98. The zero-order chi connectivity index (χ0) is 20.9. The monoisotopic (exact) mass is 440 g/mol. The quantitative estimate of drug-likeness (QED) is 0.772. The van der Waals surface area contributed by atoms with Gasteiger partial charge in [0.2, 0.25) is 15.9 Å². The first-order valence-corrected chi connectivity index (χ1v) is 10.7. The molecule has 2 amide bonds. The fraction of sp³-hybridized carbons (Fsp3) is 0.263. The number of benzene rings is 2. The highest BCUT2D eigenvalue weighted by atomic mass is 35.5. The number of amides is 2. The van der Waals surface area contributed by atoms with E-state index in [0.717, 1.165) is 5.56 Å². The number of rotatable bonds is 3. The zero-order valence-electron chi connectivity index (χ0n) is 15.4. The van der Waals surface area contributed by atoms with Crippen molar-refractivity contribution in [2.45, 2.75) is 20.8 Å². The maximum atomic E-state index is 12.7. The van der Waals surface area contributed by atoms with Crippen molar-refractivity contribution in [2.24, 2.45) is 5.41 Å². The summed E-state index contributed by atoms with van der Waals surface area (Å²) in [6.07, 6.45) is 0. The molecular formula is C19H18Cl2N2O4S. The van der Waals surface area contributed by atoms with Crippen LogP contribution in [0.2, 0.25) is 10.0 Å². The van der Waals surface area contributed by atoms with E-state index in [1.807, 2.05) is 0 Å². The molecule has 1 N–H and O–H groups in total.